The highest BCUT2D eigenvalue weighted by Gasteiger charge is 2.21. The van der Waals surface area contributed by atoms with Crippen molar-refractivity contribution < 1.29 is 17.9 Å². The summed E-state index contributed by atoms with van der Waals surface area (Å²) < 4.78 is 30.1. The fraction of sp³-hybridized carbons (Fsp3) is 0.409. The Morgan fingerprint density at radius 3 is 2.29 bits per heavy atom. The summed E-state index contributed by atoms with van der Waals surface area (Å²) in [7, 11) is -3.45. The van der Waals surface area contributed by atoms with Crippen molar-refractivity contribution in [3.63, 3.8) is 0 Å². The number of aryl methyl sites for hydroxylation is 1. The average Bonchev–Trinajstić information content (AvgIpc) is 2.67. The molecular formula is C22H29NO4S. The highest BCUT2D eigenvalue weighted by atomic mass is 32.2. The lowest BCUT2D eigenvalue weighted by molar-refractivity contribution is 0.0935. The second-order valence-corrected chi connectivity index (χ2v) is 9.37. The summed E-state index contributed by atoms with van der Waals surface area (Å²) in [5.41, 5.74) is 1.36. The van der Waals surface area contributed by atoms with Crippen molar-refractivity contribution in [1.82, 2.24) is 5.32 Å². The lowest BCUT2D eigenvalue weighted by Gasteiger charge is -2.16. The molecule has 0 saturated heterocycles. The average molecular weight is 404 g/mol. The summed E-state index contributed by atoms with van der Waals surface area (Å²) in [6.45, 7) is 7.47. The van der Waals surface area contributed by atoms with E-state index >= 15 is 0 Å². The minimum atomic E-state index is -3.45. The van der Waals surface area contributed by atoms with E-state index in [1.54, 1.807) is 25.1 Å². The third-order valence-corrected chi connectivity index (χ3v) is 6.17. The maximum Gasteiger partial charge on any atom is 0.252 e. The van der Waals surface area contributed by atoms with Crippen LogP contribution >= 0.6 is 0 Å². The Morgan fingerprint density at radius 2 is 1.68 bits per heavy atom. The minimum absolute atomic E-state index is 0.0383. The van der Waals surface area contributed by atoms with Gasteiger partial charge in [-0.1, -0.05) is 31.2 Å². The van der Waals surface area contributed by atoms with E-state index < -0.39 is 9.84 Å². The van der Waals surface area contributed by atoms with Crippen molar-refractivity contribution in [3.05, 3.63) is 59.7 Å². The molecule has 0 aliphatic heterocycles. The molecule has 0 saturated carbocycles. The number of carbonyl (C=O) groups excluding carboxylic acids is 1. The van der Waals surface area contributed by atoms with Crippen LogP contribution in [-0.2, 0) is 16.3 Å². The van der Waals surface area contributed by atoms with Gasteiger partial charge in [-0.3, -0.25) is 4.79 Å². The number of rotatable bonds is 9. The largest absolute Gasteiger partial charge is 0.491 e. The van der Waals surface area contributed by atoms with Gasteiger partial charge >= 0.3 is 0 Å². The molecule has 6 heteroatoms. The first-order valence-corrected chi connectivity index (χ1v) is 11.3. The Hall–Kier alpha value is -2.34. The van der Waals surface area contributed by atoms with Crippen LogP contribution < -0.4 is 10.1 Å². The van der Waals surface area contributed by atoms with E-state index in [0.717, 1.165) is 24.2 Å². The van der Waals surface area contributed by atoms with Gasteiger partial charge in [0.05, 0.1) is 22.3 Å². The van der Waals surface area contributed by atoms with Gasteiger partial charge in [-0.05, 0) is 63.4 Å². The second kappa shape index (κ2) is 9.73. The molecule has 0 aromatic heterocycles. The Balaban J connectivity index is 1.97. The van der Waals surface area contributed by atoms with Gasteiger partial charge in [-0.2, -0.15) is 0 Å². The van der Waals surface area contributed by atoms with Gasteiger partial charge in [-0.25, -0.2) is 8.42 Å². The van der Waals surface area contributed by atoms with E-state index in [1.165, 1.54) is 6.07 Å². The molecule has 2 rings (SSSR count). The highest BCUT2D eigenvalue weighted by Crippen LogP contribution is 2.18. The third-order valence-electron chi connectivity index (χ3n) is 4.39. The van der Waals surface area contributed by atoms with E-state index in [9.17, 15) is 13.2 Å². The van der Waals surface area contributed by atoms with Gasteiger partial charge in [-0.15, -0.1) is 0 Å². The molecule has 0 spiro atoms. The molecule has 5 nitrogen and oxygen atoms in total. The van der Waals surface area contributed by atoms with Crippen LogP contribution in [0, 0.1) is 0 Å². The number of benzene rings is 2. The predicted octanol–water partition coefficient (Wildman–Crippen LogP) is 4.02. The van der Waals surface area contributed by atoms with E-state index in [1.807, 2.05) is 45.0 Å². The topological polar surface area (TPSA) is 72.5 Å². The Bertz CT molecular complexity index is 889. The molecule has 0 heterocycles. The zero-order chi connectivity index (χ0) is 20.7. The summed E-state index contributed by atoms with van der Waals surface area (Å²) in [6, 6.07) is 14.2. The molecule has 0 aliphatic carbocycles. The van der Waals surface area contributed by atoms with Gasteiger partial charge in [0.2, 0.25) is 0 Å². The van der Waals surface area contributed by atoms with E-state index in [4.69, 9.17) is 4.74 Å². The van der Waals surface area contributed by atoms with Gasteiger partial charge in [0.15, 0.2) is 9.84 Å². The summed E-state index contributed by atoms with van der Waals surface area (Å²) in [6.07, 6.45) is 1.69. The lowest BCUT2D eigenvalue weighted by atomic mass is 10.1. The number of sulfone groups is 1. The number of hydrogen-bond donors (Lipinski definition) is 1. The number of nitrogens with one attached hydrogen (secondary N) is 1. The number of ether oxygens (including phenoxy) is 1. The van der Waals surface area contributed by atoms with Crippen molar-refractivity contribution in [2.75, 3.05) is 5.75 Å². The van der Waals surface area contributed by atoms with Crippen LogP contribution in [-0.4, -0.2) is 32.2 Å². The molecule has 0 aliphatic rings. The fourth-order valence-electron chi connectivity index (χ4n) is 2.84. The van der Waals surface area contributed by atoms with Crippen molar-refractivity contribution in [3.8, 4) is 5.75 Å². The van der Waals surface area contributed by atoms with Crippen LogP contribution in [0.1, 0.15) is 50.0 Å². The van der Waals surface area contributed by atoms with Gasteiger partial charge in [0.1, 0.15) is 5.75 Å². The van der Waals surface area contributed by atoms with Crippen molar-refractivity contribution in [1.29, 1.82) is 0 Å². The molecule has 0 bridgehead atoms. The molecular weight excluding hydrogens is 374 g/mol. The van der Waals surface area contributed by atoms with Crippen LogP contribution in [0.2, 0.25) is 0 Å². The third kappa shape index (κ3) is 6.09. The van der Waals surface area contributed by atoms with Crippen molar-refractivity contribution in [2.45, 2.75) is 57.6 Å². The second-order valence-electron chi connectivity index (χ2n) is 7.12. The van der Waals surface area contributed by atoms with Gasteiger partial charge in [0.25, 0.3) is 5.91 Å². The first-order valence-electron chi connectivity index (χ1n) is 9.61. The zero-order valence-electron chi connectivity index (χ0n) is 16.9. The van der Waals surface area contributed by atoms with Crippen molar-refractivity contribution in [2.24, 2.45) is 0 Å². The molecule has 2 aromatic rings. The fourth-order valence-corrected chi connectivity index (χ4v) is 3.94. The summed E-state index contributed by atoms with van der Waals surface area (Å²) in [5.74, 6) is 0.443. The van der Waals surface area contributed by atoms with Gasteiger partial charge < -0.3 is 10.1 Å². The molecule has 152 valence electrons. The van der Waals surface area contributed by atoms with Crippen LogP contribution in [0.3, 0.4) is 0 Å². The summed E-state index contributed by atoms with van der Waals surface area (Å²) >= 11 is 0. The zero-order valence-corrected chi connectivity index (χ0v) is 17.8. The normalized spacial score (nSPS) is 12.6. The molecule has 1 atom stereocenters. The van der Waals surface area contributed by atoms with Crippen LogP contribution in [0.4, 0.5) is 0 Å². The molecule has 0 fully saturated rings. The molecule has 1 unspecified atom stereocenters. The van der Waals surface area contributed by atoms with Crippen molar-refractivity contribution >= 4 is 15.7 Å². The van der Waals surface area contributed by atoms with Gasteiger partial charge in [0, 0.05) is 6.04 Å². The summed E-state index contributed by atoms with van der Waals surface area (Å²) in [5, 5.41) is 2.91. The van der Waals surface area contributed by atoms with E-state index in [2.05, 4.69) is 5.32 Å². The predicted molar refractivity (Wildman–Crippen MR) is 112 cm³/mol. The maximum absolute atomic E-state index is 12.6. The quantitative estimate of drug-likeness (QED) is 0.686. The Kier molecular flexibility index (Phi) is 7.63. The molecule has 0 radical (unpaired) electrons. The smallest absolute Gasteiger partial charge is 0.252 e. The van der Waals surface area contributed by atoms with Crippen LogP contribution in [0.25, 0.3) is 0 Å². The standard InChI is InChI=1S/C22H29NO4S/c1-5-28(25,26)21-9-7-6-8-20(21)22(24)23-17(4)10-11-18-12-14-19(15-13-18)27-16(2)3/h6-9,12-17H,5,10-11H2,1-4H3,(H,23,24). The monoisotopic (exact) mass is 403 g/mol. The highest BCUT2D eigenvalue weighted by molar-refractivity contribution is 7.91. The Labute approximate surface area is 168 Å². The Morgan fingerprint density at radius 1 is 1.04 bits per heavy atom. The molecule has 1 amide bonds. The molecule has 1 N–H and O–H groups in total. The first-order chi connectivity index (χ1) is 13.2. The number of amides is 1. The lowest BCUT2D eigenvalue weighted by Crippen LogP contribution is -2.33. The first kappa shape index (κ1) is 22.0. The number of carbonyl (C=O) groups is 1. The summed E-state index contributed by atoms with van der Waals surface area (Å²) in [4.78, 5) is 12.7. The van der Waals surface area contributed by atoms with Crippen LogP contribution in [0.5, 0.6) is 5.75 Å². The molecule has 28 heavy (non-hydrogen) atoms. The van der Waals surface area contributed by atoms with Crippen LogP contribution in [0.15, 0.2) is 53.4 Å². The van der Waals surface area contributed by atoms with E-state index in [-0.39, 0.29) is 34.3 Å². The minimum Gasteiger partial charge on any atom is -0.491 e. The van der Waals surface area contributed by atoms with E-state index in [0.29, 0.717) is 0 Å². The maximum atomic E-state index is 12.6. The molecule has 2 aromatic carbocycles. The SMILES string of the molecule is CCS(=O)(=O)c1ccccc1C(=O)NC(C)CCc1ccc(OC(C)C)cc1. The number of hydrogen-bond acceptors (Lipinski definition) is 4.